The predicted molar refractivity (Wildman–Crippen MR) is 94.7 cm³/mol. The van der Waals surface area contributed by atoms with Crippen LogP contribution in [-0.4, -0.2) is 56.6 Å². The molecule has 0 aromatic carbocycles. The van der Waals surface area contributed by atoms with Gasteiger partial charge in [-0.05, 0) is 0 Å². The molecule has 1 aliphatic rings. The molecule has 9 nitrogen and oxygen atoms in total. The molecule has 0 radical (unpaired) electrons. The summed E-state index contributed by atoms with van der Waals surface area (Å²) in [6.07, 6.45) is 2.07. The van der Waals surface area contributed by atoms with Gasteiger partial charge in [0.25, 0.3) is 5.91 Å². The van der Waals surface area contributed by atoms with Crippen LogP contribution in [0, 0.1) is 0 Å². The number of rotatable bonds is 8. The van der Waals surface area contributed by atoms with E-state index >= 15 is 0 Å². The largest absolute Gasteiger partial charge is 0.383 e. The van der Waals surface area contributed by atoms with Gasteiger partial charge in [-0.1, -0.05) is 19.1 Å². The summed E-state index contributed by atoms with van der Waals surface area (Å²) in [5.74, 6) is 0.0610. The van der Waals surface area contributed by atoms with E-state index in [-0.39, 0.29) is 12.5 Å². The van der Waals surface area contributed by atoms with Crippen LogP contribution in [0.5, 0.6) is 0 Å². The standard InChI is InChI=1S/C16H22N6O3S/c1-10(2)14-17-12(9-26-14)8-22-15(23)13(18-16(22)24)6-11-7-21(20-19-11)4-5-25-3/h7,9-10,13H,4-6,8H2,1-3H3,(H,18,24). The first-order valence-electron chi connectivity index (χ1n) is 8.42. The summed E-state index contributed by atoms with van der Waals surface area (Å²) >= 11 is 1.54. The van der Waals surface area contributed by atoms with E-state index in [0.717, 1.165) is 10.7 Å². The first kappa shape index (κ1) is 18.5. The van der Waals surface area contributed by atoms with E-state index in [1.807, 2.05) is 5.38 Å². The van der Waals surface area contributed by atoms with Crippen LogP contribution in [0.3, 0.4) is 0 Å². The van der Waals surface area contributed by atoms with E-state index in [9.17, 15) is 9.59 Å². The smallest absolute Gasteiger partial charge is 0.325 e. The molecule has 3 rings (SSSR count). The van der Waals surface area contributed by atoms with Crippen molar-refractivity contribution in [2.24, 2.45) is 0 Å². The number of nitrogens with one attached hydrogen (secondary N) is 1. The molecule has 1 atom stereocenters. The van der Waals surface area contributed by atoms with E-state index in [1.165, 1.54) is 4.90 Å². The average molecular weight is 378 g/mol. The van der Waals surface area contributed by atoms with E-state index in [2.05, 4.69) is 34.5 Å². The molecule has 3 heterocycles. The van der Waals surface area contributed by atoms with Gasteiger partial charge in [-0.3, -0.25) is 9.69 Å². The number of hydrogen-bond acceptors (Lipinski definition) is 7. The fourth-order valence-corrected chi connectivity index (χ4v) is 3.45. The van der Waals surface area contributed by atoms with Gasteiger partial charge in [0.05, 0.1) is 36.1 Å². The summed E-state index contributed by atoms with van der Waals surface area (Å²) < 4.78 is 6.65. The Morgan fingerprint density at radius 3 is 2.85 bits per heavy atom. The maximum Gasteiger partial charge on any atom is 0.325 e. The van der Waals surface area contributed by atoms with Gasteiger partial charge in [-0.2, -0.15) is 0 Å². The highest BCUT2D eigenvalue weighted by molar-refractivity contribution is 7.09. The van der Waals surface area contributed by atoms with Gasteiger partial charge in [-0.15, -0.1) is 16.4 Å². The Kier molecular flexibility index (Phi) is 5.62. The van der Waals surface area contributed by atoms with Crippen molar-refractivity contribution in [1.82, 2.24) is 30.2 Å². The number of hydrogen-bond donors (Lipinski definition) is 1. The molecular formula is C16H22N6O3S. The van der Waals surface area contributed by atoms with Crippen molar-refractivity contribution in [3.8, 4) is 0 Å². The number of carbonyl (C=O) groups excluding carboxylic acids is 2. The second kappa shape index (κ2) is 7.92. The quantitative estimate of drug-likeness (QED) is 0.692. The zero-order chi connectivity index (χ0) is 18.7. The monoisotopic (exact) mass is 378 g/mol. The third-order valence-corrected chi connectivity index (χ3v) is 5.21. The first-order valence-corrected chi connectivity index (χ1v) is 9.30. The lowest BCUT2D eigenvalue weighted by molar-refractivity contribution is -0.127. The number of imide groups is 1. The van der Waals surface area contributed by atoms with Crippen molar-refractivity contribution in [2.45, 2.75) is 45.3 Å². The van der Waals surface area contributed by atoms with Crippen LogP contribution in [0.15, 0.2) is 11.6 Å². The Morgan fingerprint density at radius 1 is 1.35 bits per heavy atom. The Morgan fingerprint density at radius 2 is 2.15 bits per heavy atom. The van der Waals surface area contributed by atoms with Crippen molar-refractivity contribution in [3.05, 3.63) is 28.0 Å². The molecule has 140 valence electrons. The van der Waals surface area contributed by atoms with E-state index in [1.54, 1.807) is 29.3 Å². The molecule has 10 heteroatoms. The van der Waals surface area contributed by atoms with Crippen LogP contribution < -0.4 is 5.32 Å². The van der Waals surface area contributed by atoms with Gasteiger partial charge in [0.15, 0.2) is 0 Å². The van der Waals surface area contributed by atoms with E-state index < -0.39 is 12.1 Å². The summed E-state index contributed by atoms with van der Waals surface area (Å²) in [6.45, 7) is 5.42. The number of carbonyl (C=O) groups is 2. The Labute approximate surface area is 155 Å². The van der Waals surface area contributed by atoms with Crippen molar-refractivity contribution < 1.29 is 14.3 Å². The number of amides is 3. The van der Waals surface area contributed by atoms with Crippen molar-refractivity contribution in [2.75, 3.05) is 13.7 Å². The highest BCUT2D eigenvalue weighted by atomic mass is 32.1. The lowest BCUT2D eigenvalue weighted by Gasteiger charge is -2.11. The maximum atomic E-state index is 12.6. The summed E-state index contributed by atoms with van der Waals surface area (Å²) in [5, 5.41) is 13.6. The topological polar surface area (TPSA) is 102 Å². The molecule has 1 saturated heterocycles. The molecule has 1 fully saturated rings. The normalized spacial score (nSPS) is 17.4. The second-order valence-electron chi connectivity index (χ2n) is 6.43. The minimum Gasteiger partial charge on any atom is -0.383 e. The number of thiazole rings is 1. The molecule has 0 saturated carbocycles. The van der Waals surface area contributed by atoms with Gasteiger partial charge in [0.1, 0.15) is 6.04 Å². The zero-order valence-electron chi connectivity index (χ0n) is 15.0. The summed E-state index contributed by atoms with van der Waals surface area (Å²) in [5.41, 5.74) is 1.38. The molecule has 1 unspecified atom stereocenters. The zero-order valence-corrected chi connectivity index (χ0v) is 15.8. The molecule has 0 bridgehead atoms. The van der Waals surface area contributed by atoms with Crippen molar-refractivity contribution in [3.63, 3.8) is 0 Å². The number of methoxy groups -OCH3 is 1. The lowest BCUT2D eigenvalue weighted by Crippen LogP contribution is -2.32. The first-order chi connectivity index (χ1) is 12.5. The second-order valence-corrected chi connectivity index (χ2v) is 7.32. The van der Waals surface area contributed by atoms with Gasteiger partial charge in [-0.25, -0.2) is 14.5 Å². The molecule has 2 aromatic heterocycles. The van der Waals surface area contributed by atoms with Crippen molar-refractivity contribution >= 4 is 23.3 Å². The molecule has 1 N–H and O–H groups in total. The van der Waals surface area contributed by atoms with Crippen LogP contribution in [0.4, 0.5) is 4.79 Å². The van der Waals surface area contributed by atoms with E-state index in [4.69, 9.17) is 4.74 Å². The third-order valence-electron chi connectivity index (χ3n) is 4.01. The van der Waals surface area contributed by atoms with Crippen LogP contribution in [0.25, 0.3) is 0 Å². The fraction of sp³-hybridized carbons (Fsp3) is 0.562. The minimum absolute atomic E-state index is 0.185. The molecule has 3 amide bonds. The van der Waals surface area contributed by atoms with Gasteiger partial charge in [0.2, 0.25) is 0 Å². The fourth-order valence-electron chi connectivity index (χ4n) is 2.62. The average Bonchev–Trinajstić information content (AvgIpc) is 3.30. The highest BCUT2D eigenvalue weighted by Crippen LogP contribution is 2.21. The molecule has 26 heavy (non-hydrogen) atoms. The van der Waals surface area contributed by atoms with Crippen LogP contribution in [0.1, 0.15) is 36.2 Å². The SMILES string of the molecule is COCCn1cc(CC2NC(=O)N(Cc3csc(C(C)C)n3)C2=O)nn1. The molecule has 0 aliphatic carbocycles. The Bertz CT molecular complexity index is 787. The minimum atomic E-state index is -0.627. The molecule has 2 aromatic rings. The predicted octanol–water partition coefficient (Wildman–Crippen LogP) is 1.17. The lowest BCUT2D eigenvalue weighted by atomic mass is 10.1. The van der Waals surface area contributed by atoms with Gasteiger partial charge < -0.3 is 10.1 Å². The van der Waals surface area contributed by atoms with Crippen LogP contribution >= 0.6 is 11.3 Å². The number of urea groups is 1. The summed E-state index contributed by atoms with van der Waals surface area (Å²) in [6, 6.07) is -1.02. The molecule has 1 aliphatic heterocycles. The summed E-state index contributed by atoms with van der Waals surface area (Å²) in [7, 11) is 1.62. The van der Waals surface area contributed by atoms with Gasteiger partial charge >= 0.3 is 6.03 Å². The molecule has 0 spiro atoms. The third kappa shape index (κ3) is 4.07. The van der Waals surface area contributed by atoms with Crippen LogP contribution in [-0.2, 0) is 29.0 Å². The molecular weight excluding hydrogens is 356 g/mol. The summed E-state index contributed by atoms with van der Waals surface area (Å²) in [4.78, 5) is 30.5. The Balaban J connectivity index is 1.61. The van der Waals surface area contributed by atoms with Gasteiger partial charge in [0, 0.05) is 31.0 Å². The maximum absolute atomic E-state index is 12.6. The number of nitrogens with zero attached hydrogens (tertiary/aromatic N) is 5. The Hall–Kier alpha value is -2.33. The van der Waals surface area contributed by atoms with Crippen LogP contribution in [0.2, 0.25) is 0 Å². The highest BCUT2D eigenvalue weighted by Gasteiger charge is 2.38. The van der Waals surface area contributed by atoms with E-state index in [0.29, 0.717) is 31.2 Å². The number of aromatic nitrogens is 4. The number of ether oxygens (including phenoxy) is 1. The van der Waals surface area contributed by atoms with Crippen molar-refractivity contribution in [1.29, 1.82) is 0 Å².